The summed E-state index contributed by atoms with van der Waals surface area (Å²) in [7, 11) is 0. The van der Waals surface area contributed by atoms with Crippen molar-refractivity contribution in [3.8, 4) is 0 Å². The standard InChI is InChI=1S/C13H18BrNO2/c1-8-9(2)17-10(3)12(8)13(16)15-6-4-5-11(15)7-14/h11H,4-7H2,1-3H3. The highest BCUT2D eigenvalue weighted by Gasteiger charge is 2.31. The lowest BCUT2D eigenvalue weighted by Crippen LogP contribution is -2.36. The third-order valence-electron chi connectivity index (χ3n) is 3.59. The van der Waals surface area contributed by atoms with E-state index in [-0.39, 0.29) is 5.91 Å². The second kappa shape index (κ2) is 4.84. The van der Waals surface area contributed by atoms with E-state index in [0.717, 1.165) is 47.4 Å². The average Bonchev–Trinajstić information content (AvgIpc) is 2.84. The van der Waals surface area contributed by atoms with Crippen LogP contribution in [0, 0.1) is 20.8 Å². The molecule has 17 heavy (non-hydrogen) atoms. The van der Waals surface area contributed by atoms with Crippen molar-refractivity contribution in [3.63, 3.8) is 0 Å². The quantitative estimate of drug-likeness (QED) is 0.786. The fourth-order valence-electron chi connectivity index (χ4n) is 2.52. The van der Waals surface area contributed by atoms with Crippen LogP contribution in [0.3, 0.4) is 0 Å². The highest BCUT2D eigenvalue weighted by atomic mass is 79.9. The molecular weight excluding hydrogens is 282 g/mol. The van der Waals surface area contributed by atoms with E-state index in [9.17, 15) is 4.79 Å². The van der Waals surface area contributed by atoms with Gasteiger partial charge in [-0.1, -0.05) is 15.9 Å². The first-order valence-corrected chi connectivity index (χ1v) is 7.12. The van der Waals surface area contributed by atoms with Crippen molar-refractivity contribution in [2.45, 2.75) is 39.7 Å². The van der Waals surface area contributed by atoms with Gasteiger partial charge in [-0.25, -0.2) is 0 Å². The summed E-state index contributed by atoms with van der Waals surface area (Å²) in [5.74, 6) is 1.71. The van der Waals surface area contributed by atoms with Crippen LogP contribution in [0.25, 0.3) is 0 Å². The van der Waals surface area contributed by atoms with Crippen molar-refractivity contribution in [1.29, 1.82) is 0 Å². The van der Waals surface area contributed by atoms with Gasteiger partial charge in [0.05, 0.1) is 5.56 Å². The summed E-state index contributed by atoms with van der Waals surface area (Å²) in [6.45, 7) is 6.59. The van der Waals surface area contributed by atoms with Gasteiger partial charge in [-0.05, 0) is 33.6 Å². The molecule has 0 N–H and O–H groups in total. The zero-order valence-electron chi connectivity index (χ0n) is 10.5. The molecule has 3 nitrogen and oxygen atoms in total. The zero-order valence-corrected chi connectivity index (χ0v) is 12.1. The lowest BCUT2D eigenvalue weighted by atomic mass is 10.1. The Morgan fingerprint density at radius 2 is 2.12 bits per heavy atom. The van der Waals surface area contributed by atoms with E-state index in [1.54, 1.807) is 0 Å². The second-order valence-electron chi connectivity index (χ2n) is 4.66. The lowest BCUT2D eigenvalue weighted by Gasteiger charge is -2.23. The van der Waals surface area contributed by atoms with E-state index in [1.807, 2.05) is 25.7 Å². The van der Waals surface area contributed by atoms with Crippen LogP contribution in [0.1, 0.15) is 40.3 Å². The number of rotatable bonds is 2. The molecule has 1 unspecified atom stereocenters. The third-order valence-corrected chi connectivity index (χ3v) is 4.34. The van der Waals surface area contributed by atoms with Gasteiger partial charge in [0.15, 0.2) is 0 Å². The van der Waals surface area contributed by atoms with Crippen molar-refractivity contribution in [1.82, 2.24) is 4.90 Å². The summed E-state index contributed by atoms with van der Waals surface area (Å²) in [5.41, 5.74) is 1.74. The Morgan fingerprint density at radius 1 is 1.41 bits per heavy atom. The maximum absolute atomic E-state index is 12.5. The second-order valence-corrected chi connectivity index (χ2v) is 5.31. The molecular formula is C13H18BrNO2. The number of aryl methyl sites for hydroxylation is 2. The zero-order chi connectivity index (χ0) is 12.6. The first-order chi connectivity index (χ1) is 8.06. The Morgan fingerprint density at radius 3 is 2.65 bits per heavy atom. The van der Waals surface area contributed by atoms with E-state index in [4.69, 9.17) is 4.42 Å². The molecule has 0 spiro atoms. The molecule has 1 fully saturated rings. The molecule has 1 amide bonds. The summed E-state index contributed by atoms with van der Waals surface area (Å²) in [5, 5.41) is 0.855. The molecule has 0 aromatic carbocycles. The minimum absolute atomic E-state index is 0.124. The molecule has 2 heterocycles. The minimum Gasteiger partial charge on any atom is -0.466 e. The highest BCUT2D eigenvalue weighted by molar-refractivity contribution is 9.09. The van der Waals surface area contributed by atoms with E-state index < -0.39 is 0 Å². The van der Waals surface area contributed by atoms with Crippen LogP contribution in [0.15, 0.2) is 4.42 Å². The van der Waals surface area contributed by atoms with Crippen LogP contribution in [-0.4, -0.2) is 28.7 Å². The van der Waals surface area contributed by atoms with Crippen LogP contribution >= 0.6 is 15.9 Å². The molecule has 0 saturated carbocycles. The molecule has 1 atom stereocenters. The number of amides is 1. The Kier molecular flexibility index (Phi) is 3.61. The smallest absolute Gasteiger partial charge is 0.257 e. The van der Waals surface area contributed by atoms with Crippen molar-refractivity contribution < 1.29 is 9.21 Å². The Labute approximate surface area is 110 Å². The largest absolute Gasteiger partial charge is 0.466 e. The summed E-state index contributed by atoms with van der Waals surface area (Å²) in [6.07, 6.45) is 2.18. The molecule has 2 rings (SSSR count). The molecule has 4 heteroatoms. The number of nitrogens with zero attached hydrogens (tertiary/aromatic N) is 1. The van der Waals surface area contributed by atoms with Gasteiger partial charge < -0.3 is 9.32 Å². The van der Waals surface area contributed by atoms with Gasteiger partial charge in [0.25, 0.3) is 5.91 Å². The fraction of sp³-hybridized carbons (Fsp3) is 0.615. The van der Waals surface area contributed by atoms with Crippen molar-refractivity contribution >= 4 is 21.8 Å². The third kappa shape index (κ3) is 2.15. The Bertz CT molecular complexity index is 439. The number of hydrogen-bond acceptors (Lipinski definition) is 2. The topological polar surface area (TPSA) is 33.5 Å². The van der Waals surface area contributed by atoms with E-state index >= 15 is 0 Å². The molecule has 0 bridgehead atoms. The Balaban J connectivity index is 2.31. The van der Waals surface area contributed by atoms with Crippen LogP contribution in [0.4, 0.5) is 0 Å². The SMILES string of the molecule is Cc1oc(C)c(C(=O)N2CCCC2CBr)c1C. The number of likely N-dealkylation sites (tertiary alicyclic amines) is 1. The predicted molar refractivity (Wildman–Crippen MR) is 70.8 cm³/mol. The van der Waals surface area contributed by atoms with Gasteiger partial charge in [0, 0.05) is 23.5 Å². The molecule has 1 aromatic rings. The first-order valence-electron chi connectivity index (χ1n) is 5.99. The normalized spacial score (nSPS) is 20.0. The predicted octanol–water partition coefficient (Wildman–Crippen LogP) is 3.20. The average molecular weight is 300 g/mol. The van der Waals surface area contributed by atoms with Gasteiger partial charge in [-0.3, -0.25) is 4.79 Å². The molecule has 94 valence electrons. The summed E-state index contributed by atoms with van der Waals surface area (Å²) in [6, 6.07) is 0.330. The van der Waals surface area contributed by atoms with Gasteiger partial charge in [0.2, 0.25) is 0 Å². The monoisotopic (exact) mass is 299 g/mol. The molecule has 1 aliphatic rings. The van der Waals surface area contributed by atoms with Gasteiger partial charge in [0.1, 0.15) is 11.5 Å². The van der Waals surface area contributed by atoms with E-state index in [1.165, 1.54) is 0 Å². The lowest BCUT2D eigenvalue weighted by molar-refractivity contribution is 0.0748. The fourth-order valence-corrected chi connectivity index (χ4v) is 3.19. The van der Waals surface area contributed by atoms with Crippen LogP contribution in [0.2, 0.25) is 0 Å². The van der Waals surface area contributed by atoms with Crippen molar-refractivity contribution in [2.24, 2.45) is 0 Å². The number of hydrogen-bond donors (Lipinski definition) is 0. The molecule has 0 radical (unpaired) electrons. The maximum Gasteiger partial charge on any atom is 0.257 e. The van der Waals surface area contributed by atoms with Crippen LogP contribution in [0.5, 0.6) is 0 Å². The number of furan rings is 1. The summed E-state index contributed by atoms with van der Waals surface area (Å²) >= 11 is 3.48. The minimum atomic E-state index is 0.124. The molecule has 0 aliphatic carbocycles. The van der Waals surface area contributed by atoms with E-state index in [2.05, 4.69) is 15.9 Å². The summed E-state index contributed by atoms with van der Waals surface area (Å²) < 4.78 is 5.54. The van der Waals surface area contributed by atoms with Crippen molar-refractivity contribution in [2.75, 3.05) is 11.9 Å². The Hall–Kier alpha value is -0.770. The number of alkyl halides is 1. The van der Waals surface area contributed by atoms with Gasteiger partial charge in [-0.2, -0.15) is 0 Å². The van der Waals surface area contributed by atoms with Crippen LogP contribution < -0.4 is 0 Å². The van der Waals surface area contributed by atoms with Gasteiger partial charge >= 0.3 is 0 Å². The van der Waals surface area contributed by atoms with Crippen molar-refractivity contribution in [3.05, 3.63) is 22.6 Å². The number of halogens is 1. The van der Waals surface area contributed by atoms with Crippen LogP contribution in [-0.2, 0) is 0 Å². The van der Waals surface area contributed by atoms with E-state index in [0.29, 0.717) is 6.04 Å². The molecule has 1 aliphatic heterocycles. The first kappa shape index (κ1) is 12.7. The van der Waals surface area contributed by atoms with Gasteiger partial charge in [-0.15, -0.1) is 0 Å². The molecule has 1 aromatic heterocycles. The highest BCUT2D eigenvalue weighted by Crippen LogP contribution is 2.27. The summed E-state index contributed by atoms with van der Waals surface area (Å²) in [4.78, 5) is 14.5. The maximum atomic E-state index is 12.5. The number of carbonyl (C=O) groups excluding carboxylic acids is 1. The number of carbonyl (C=O) groups is 1. The molecule has 1 saturated heterocycles.